The molecule has 4 aromatic rings. The van der Waals surface area contributed by atoms with E-state index in [1.54, 1.807) is 6.20 Å². The Morgan fingerprint density at radius 3 is 2.80 bits per heavy atom. The summed E-state index contributed by atoms with van der Waals surface area (Å²) in [6.45, 7) is 4.33. The van der Waals surface area contributed by atoms with Crippen LogP contribution in [0.25, 0.3) is 16.9 Å². The van der Waals surface area contributed by atoms with Crippen molar-refractivity contribution in [3.63, 3.8) is 0 Å². The Balaban J connectivity index is 1.02. The lowest BCUT2D eigenvalue weighted by atomic mass is 9.95. The summed E-state index contributed by atoms with van der Waals surface area (Å²) in [6, 6.07) is 18.3. The molecule has 0 spiro atoms. The molecular formula is C30H37N9O. The maximum Gasteiger partial charge on any atom is 0.321 e. The van der Waals surface area contributed by atoms with E-state index in [1.807, 2.05) is 52.2 Å². The fourth-order valence-electron chi connectivity index (χ4n) is 5.64. The van der Waals surface area contributed by atoms with Gasteiger partial charge in [0.25, 0.3) is 0 Å². The maximum atomic E-state index is 12.7. The number of imidazole rings is 1. The highest BCUT2D eigenvalue weighted by Crippen LogP contribution is 2.23. The van der Waals surface area contributed by atoms with Crippen molar-refractivity contribution in [1.82, 2.24) is 29.7 Å². The zero-order valence-corrected chi connectivity index (χ0v) is 22.7. The molecule has 0 aliphatic carbocycles. The number of nitrogens with one attached hydrogen (secondary N) is 4. The normalized spacial score (nSPS) is 19.1. The van der Waals surface area contributed by atoms with Crippen LogP contribution >= 0.6 is 0 Å². The van der Waals surface area contributed by atoms with Crippen LogP contribution in [-0.2, 0) is 0 Å². The fraction of sp³-hybridized carbons (Fsp3) is 0.400. The lowest BCUT2D eigenvalue weighted by Gasteiger charge is -2.32. The standard InChI is InChI=1S/C30H37N9O/c40-30(36-23-7-2-1-3-8-23)38-17-5-6-22(20-38)12-15-32-29-33-16-13-28(37-29)39-21-35-26-18-24(10-11-27(26)39)34-19-25-9-4-14-31-25/h1-3,7-8,10-11,13,16,18,21-22,25,31,34H,4-6,9,12,14-15,17,19-20H2,(H,36,40)(H,32,33,37). The largest absolute Gasteiger partial charge is 0.383 e. The van der Waals surface area contributed by atoms with Crippen LogP contribution in [0.3, 0.4) is 0 Å². The van der Waals surface area contributed by atoms with Crippen LogP contribution in [0.1, 0.15) is 32.1 Å². The Bertz CT molecular complexity index is 1420. The molecule has 0 bridgehead atoms. The second-order valence-corrected chi connectivity index (χ2v) is 10.7. The van der Waals surface area contributed by atoms with Gasteiger partial charge >= 0.3 is 6.03 Å². The van der Waals surface area contributed by atoms with Crippen LogP contribution in [0.2, 0.25) is 0 Å². The summed E-state index contributed by atoms with van der Waals surface area (Å²) < 4.78 is 1.99. The van der Waals surface area contributed by atoms with Crippen molar-refractivity contribution in [1.29, 1.82) is 0 Å². The molecule has 2 unspecified atom stereocenters. The van der Waals surface area contributed by atoms with E-state index in [4.69, 9.17) is 4.98 Å². The van der Waals surface area contributed by atoms with Gasteiger partial charge in [-0.3, -0.25) is 4.57 Å². The summed E-state index contributed by atoms with van der Waals surface area (Å²) in [5, 5.41) is 13.4. The monoisotopic (exact) mass is 539 g/mol. The van der Waals surface area contributed by atoms with E-state index in [2.05, 4.69) is 49.4 Å². The SMILES string of the molecule is O=C(Nc1ccccc1)N1CCCC(CCNc2nccc(-n3cnc4cc(NCC5CCCN5)ccc43)n2)C1. The molecule has 4 heterocycles. The number of para-hydroxylation sites is 1. The van der Waals surface area contributed by atoms with Gasteiger partial charge in [-0.1, -0.05) is 18.2 Å². The van der Waals surface area contributed by atoms with Gasteiger partial charge in [0.1, 0.15) is 12.1 Å². The van der Waals surface area contributed by atoms with Crippen molar-refractivity contribution in [3.8, 4) is 5.82 Å². The Kier molecular flexibility index (Phi) is 8.04. The molecule has 40 heavy (non-hydrogen) atoms. The molecule has 10 nitrogen and oxygen atoms in total. The first-order valence-electron chi connectivity index (χ1n) is 14.3. The number of urea groups is 1. The zero-order chi connectivity index (χ0) is 27.1. The molecule has 2 amide bonds. The summed E-state index contributed by atoms with van der Waals surface area (Å²) in [6.07, 6.45) is 9.14. The third-order valence-electron chi connectivity index (χ3n) is 7.82. The number of aromatic nitrogens is 4. The number of piperidine rings is 1. The van der Waals surface area contributed by atoms with Crippen molar-refractivity contribution in [2.75, 3.05) is 48.7 Å². The quantitative estimate of drug-likeness (QED) is 0.243. The molecule has 2 atom stereocenters. The molecular weight excluding hydrogens is 502 g/mol. The summed E-state index contributed by atoms with van der Waals surface area (Å²) in [5.41, 5.74) is 3.84. The Morgan fingerprint density at radius 1 is 1.00 bits per heavy atom. The van der Waals surface area contributed by atoms with Gasteiger partial charge in [0.05, 0.1) is 11.0 Å². The molecule has 0 radical (unpaired) electrons. The molecule has 2 aromatic heterocycles. The summed E-state index contributed by atoms with van der Waals surface area (Å²) in [7, 11) is 0. The number of carbonyl (C=O) groups is 1. The second-order valence-electron chi connectivity index (χ2n) is 10.7. The average molecular weight is 540 g/mol. The summed E-state index contributed by atoms with van der Waals surface area (Å²) in [5.74, 6) is 1.81. The van der Waals surface area contributed by atoms with Gasteiger partial charge < -0.3 is 26.2 Å². The van der Waals surface area contributed by atoms with E-state index in [0.717, 1.165) is 80.2 Å². The van der Waals surface area contributed by atoms with Crippen LogP contribution in [0.15, 0.2) is 67.1 Å². The first-order chi connectivity index (χ1) is 19.7. The number of fused-ring (bicyclic) bond motifs is 1. The third-order valence-corrected chi connectivity index (χ3v) is 7.82. The topological polar surface area (TPSA) is 112 Å². The molecule has 2 saturated heterocycles. The molecule has 4 N–H and O–H groups in total. The van der Waals surface area contributed by atoms with Crippen molar-refractivity contribution < 1.29 is 4.79 Å². The molecule has 10 heteroatoms. The molecule has 208 valence electrons. The molecule has 0 saturated carbocycles. The highest BCUT2D eigenvalue weighted by Gasteiger charge is 2.23. The van der Waals surface area contributed by atoms with Crippen LogP contribution in [0.5, 0.6) is 0 Å². The van der Waals surface area contributed by atoms with Gasteiger partial charge in [-0.15, -0.1) is 0 Å². The van der Waals surface area contributed by atoms with E-state index >= 15 is 0 Å². The lowest BCUT2D eigenvalue weighted by molar-refractivity contribution is 0.175. The van der Waals surface area contributed by atoms with Crippen molar-refractivity contribution in [2.45, 2.75) is 38.1 Å². The number of amides is 2. The van der Waals surface area contributed by atoms with Crippen LogP contribution in [0.4, 0.5) is 22.1 Å². The fourth-order valence-corrected chi connectivity index (χ4v) is 5.64. The van der Waals surface area contributed by atoms with Gasteiger partial charge in [-0.25, -0.2) is 14.8 Å². The Labute approximate surface area is 234 Å². The van der Waals surface area contributed by atoms with Crippen LogP contribution in [0, 0.1) is 5.92 Å². The summed E-state index contributed by atoms with van der Waals surface area (Å²) in [4.78, 5) is 28.5. The molecule has 2 aromatic carbocycles. The van der Waals surface area contributed by atoms with Crippen molar-refractivity contribution >= 4 is 34.4 Å². The van der Waals surface area contributed by atoms with Crippen LogP contribution in [-0.4, -0.2) is 69.2 Å². The zero-order valence-electron chi connectivity index (χ0n) is 22.7. The lowest BCUT2D eigenvalue weighted by Crippen LogP contribution is -2.42. The number of likely N-dealkylation sites (tertiary alicyclic amines) is 1. The maximum absolute atomic E-state index is 12.7. The smallest absolute Gasteiger partial charge is 0.321 e. The molecule has 2 fully saturated rings. The number of nitrogens with zero attached hydrogens (tertiary/aromatic N) is 5. The van der Waals surface area contributed by atoms with Crippen molar-refractivity contribution in [2.24, 2.45) is 5.92 Å². The van der Waals surface area contributed by atoms with Gasteiger partial charge in [-0.2, -0.15) is 4.98 Å². The highest BCUT2D eigenvalue weighted by atomic mass is 16.2. The van der Waals surface area contributed by atoms with E-state index in [0.29, 0.717) is 17.9 Å². The molecule has 6 rings (SSSR count). The summed E-state index contributed by atoms with van der Waals surface area (Å²) >= 11 is 0. The minimum atomic E-state index is -0.0267. The van der Waals surface area contributed by atoms with E-state index in [-0.39, 0.29) is 6.03 Å². The van der Waals surface area contributed by atoms with Gasteiger partial charge in [0.15, 0.2) is 0 Å². The minimum absolute atomic E-state index is 0.0267. The van der Waals surface area contributed by atoms with E-state index in [1.165, 1.54) is 12.8 Å². The average Bonchev–Trinajstić information content (AvgIpc) is 3.67. The first-order valence-corrected chi connectivity index (χ1v) is 14.3. The number of hydrogen-bond acceptors (Lipinski definition) is 7. The minimum Gasteiger partial charge on any atom is -0.383 e. The number of carbonyl (C=O) groups excluding carboxylic acids is 1. The van der Waals surface area contributed by atoms with E-state index < -0.39 is 0 Å². The van der Waals surface area contributed by atoms with Gasteiger partial charge in [0.2, 0.25) is 5.95 Å². The first kappa shape index (κ1) is 26.1. The number of benzene rings is 2. The van der Waals surface area contributed by atoms with Crippen LogP contribution < -0.4 is 21.3 Å². The van der Waals surface area contributed by atoms with Gasteiger partial charge in [0, 0.05) is 49.8 Å². The predicted octanol–water partition coefficient (Wildman–Crippen LogP) is 4.73. The van der Waals surface area contributed by atoms with Gasteiger partial charge in [-0.05, 0) is 81.0 Å². The second kappa shape index (κ2) is 12.3. The Morgan fingerprint density at radius 2 is 1.93 bits per heavy atom. The Hall–Kier alpha value is -4.18. The van der Waals surface area contributed by atoms with E-state index in [9.17, 15) is 4.79 Å². The third kappa shape index (κ3) is 6.34. The highest BCUT2D eigenvalue weighted by molar-refractivity contribution is 5.89. The predicted molar refractivity (Wildman–Crippen MR) is 159 cm³/mol. The number of anilines is 3. The molecule has 2 aliphatic heterocycles. The van der Waals surface area contributed by atoms with Crippen molar-refractivity contribution in [3.05, 3.63) is 67.1 Å². The molecule has 2 aliphatic rings. The number of hydrogen-bond donors (Lipinski definition) is 4. The number of rotatable bonds is 9.